The molecular weight excluding hydrogens is 198 g/mol. The lowest BCUT2D eigenvalue weighted by Gasteiger charge is -2.11. The van der Waals surface area contributed by atoms with E-state index in [1.807, 2.05) is 19.1 Å². The summed E-state index contributed by atoms with van der Waals surface area (Å²) in [6.45, 7) is 2.04. The molecule has 0 bridgehead atoms. The van der Waals surface area contributed by atoms with Gasteiger partial charge in [-0.3, -0.25) is 0 Å². The zero-order valence-electron chi connectivity index (χ0n) is 8.69. The molecule has 78 valence electrons. The minimum absolute atomic E-state index is 0.347. The van der Waals surface area contributed by atoms with Crippen molar-refractivity contribution in [3.05, 3.63) is 29.8 Å². The first-order valence-corrected chi connectivity index (χ1v) is 5.94. The normalized spacial score (nSPS) is 12.0. The molecule has 0 radical (unpaired) electrons. The second kappa shape index (κ2) is 4.11. The van der Waals surface area contributed by atoms with Crippen molar-refractivity contribution in [1.82, 2.24) is 4.31 Å². The third-order valence-electron chi connectivity index (χ3n) is 2.11. The number of benzene rings is 1. The fourth-order valence-electron chi connectivity index (χ4n) is 1.11. The number of rotatable bonds is 3. The van der Waals surface area contributed by atoms with Gasteiger partial charge in [0.2, 0.25) is 10.0 Å². The maximum Gasteiger partial charge on any atom is 0.242 e. The van der Waals surface area contributed by atoms with Crippen LogP contribution in [0.2, 0.25) is 0 Å². The van der Waals surface area contributed by atoms with Gasteiger partial charge >= 0.3 is 0 Å². The molecule has 1 aromatic rings. The van der Waals surface area contributed by atoms with Crippen molar-refractivity contribution >= 4 is 10.0 Å². The minimum atomic E-state index is -3.27. The fourth-order valence-corrected chi connectivity index (χ4v) is 2.01. The van der Waals surface area contributed by atoms with Crippen molar-refractivity contribution in [1.29, 1.82) is 0 Å². The number of nitrogens with zero attached hydrogens (tertiary/aromatic N) is 1. The Bertz CT molecular complexity index is 393. The molecule has 0 aliphatic heterocycles. The molecular formula is C10H15NO2S. The molecule has 0 fully saturated rings. The molecule has 0 spiro atoms. The van der Waals surface area contributed by atoms with Gasteiger partial charge in [0.05, 0.1) is 4.90 Å². The van der Waals surface area contributed by atoms with E-state index in [0.29, 0.717) is 4.90 Å². The van der Waals surface area contributed by atoms with Crippen molar-refractivity contribution in [3.8, 4) is 0 Å². The van der Waals surface area contributed by atoms with Crippen LogP contribution < -0.4 is 0 Å². The van der Waals surface area contributed by atoms with Gasteiger partial charge in [0.1, 0.15) is 0 Å². The second-order valence-corrected chi connectivity index (χ2v) is 5.44. The molecule has 0 heterocycles. The van der Waals surface area contributed by atoms with Crippen molar-refractivity contribution < 1.29 is 8.42 Å². The fraction of sp³-hybridized carbons (Fsp3) is 0.400. The first kappa shape index (κ1) is 11.2. The molecule has 4 heteroatoms. The molecule has 0 amide bonds. The SMILES string of the molecule is CCc1ccc(S(=O)(=O)N(C)C)cc1. The third-order valence-corrected chi connectivity index (χ3v) is 3.94. The average Bonchev–Trinajstić information content (AvgIpc) is 2.17. The standard InChI is InChI=1S/C10H15NO2S/c1-4-9-5-7-10(8-6-9)14(12,13)11(2)3/h5-8H,4H2,1-3H3. The van der Waals surface area contributed by atoms with Crippen molar-refractivity contribution in [3.63, 3.8) is 0 Å². The molecule has 0 atom stereocenters. The van der Waals surface area contributed by atoms with Crippen LogP contribution in [0, 0.1) is 0 Å². The first-order chi connectivity index (χ1) is 6.48. The molecule has 3 nitrogen and oxygen atoms in total. The third kappa shape index (κ3) is 2.13. The predicted octanol–water partition coefficient (Wildman–Crippen LogP) is 1.50. The Labute approximate surface area is 85.4 Å². The van der Waals surface area contributed by atoms with Gasteiger partial charge in [-0.05, 0) is 24.1 Å². The molecule has 0 unspecified atom stereocenters. The van der Waals surface area contributed by atoms with E-state index in [4.69, 9.17) is 0 Å². The zero-order chi connectivity index (χ0) is 10.8. The van der Waals surface area contributed by atoms with Crippen LogP contribution in [0.4, 0.5) is 0 Å². The molecule has 14 heavy (non-hydrogen) atoms. The lowest BCUT2D eigenvalue weighted by atomic mass is 10.2. The summed E-state index contributed by atoms with van der Waals surface area (Å²) in [5.74, 6) is 0. The van der Waals surface area contributed by atoms with Crippen LogP contribution in [0.1, 0.15) is 12.5 Å². The maximum absolute atomic E-state index is 11.7. The predicted molar refractivity (Wildman–Crippen MR) is 56.7 cm³/mol. The Hall–Kier alpha value is -0.870. The summed E-state index contributed by atoms with van der Waals surface area (Å²) in [6.07, 6.45) is 0.919. The highest BCUT2D eigenvalue weighted by atomic mass is 32.2. The van der Waals surface area contributed by atoms with Crippen LogP contribution in [0.25, 0.3) is 0 Å². The van der Waals surface area contributed by atoms with Crippen LogP contribution >= 0.6 is 0 Å². The van der Waals surface area contributed by atoms with Gasteiger partial charge in [0, 0.05) is 14.1 Å². The van der Waals surface area contributed by atoms with Gasteiger partial charge in [-0.25, -0.2) is 12.7 Å². The zero-order valence-corrected chi connectivity index (χ0v) is 9.50. The highest BCUT2D eigenvalue weighted by Gasteiger charge is 2.15. The summed E-state index contributed by atoms with van der Waals surface area (Å²) in [7, 11) is -0.207. The lowest BCUT2D eigenvalue weighted by molar-refractivity contribution is 0.520. The van der Waals surface area contributed by atoms with E-state index in [1.54, 1.807) is 12.1 Å². The first-order valence-electron chi connectivity index (χ1n) is 4.50. The van der Waals surface area contributed by atoms with E-state index < -0.39 is 10.0 Å². The second-order valence-electron chi connectivity index (χ2n) is 3.28. The van der Waals surface area contributed by atoms with E-state index in [-0.39, 0.29) is 0 Å². The smallest absolute Gasteiger partial charge is 0.207 e. The van der Waals surface area contributed by atoms with E-state index >= 15 is 0 Å². The number of hydrogen-bond donors (Lipinski definition) is 0. The Kier molecular flexibility index (Phi) is 3.29. The quantitative estimate of drug-likeness (QED) is 0.763. The Morgan fingerprint density at radius 1 is 1.14 bits per heavy atom. The number of aryl methyl sites for hydroxylation is 1. The van der Waals surface area contributed by atoms with Crippen LogP contribution in [-0.4, -0.2) is 26.8 Å². The highest BCUT2D eigenvalue weighted by molar-refractivity contribution is 7.89. The summed E-state index contributed by atoms with van der Waals surface area (Å²) in [6, 6.07) is 6.98. The lowest BCUT2D eigenvalue weighted by Crippen LogP contribution is -2.22. The van der Waals surface area contributed by atoms with Gasteiger partial charge in [0.15, 0.2) is 0 Å². The van der Waals surface area contributed by atoms with Gasteiger partial charge in [-0.15, -0.1) is 0 Å². The molecule has 0 N–H and O–H groups in total. The summed E-state index contributed by atoms with van der Waals surface area (Å²) < 4.78 is 24.5. The highest BCUT2D eigenvalue weighted by Crippen LogP contribution is 2.13. The molecule has 0 saturated heterocycles. The number of sulfonamides is 1. The molecule has 1 rings (SSSR count). The van der Waals surface area contributed by atoms with Gasteiger partial charge in [0.25, 0.3) is 0 Å². The molecule has 0 saturated carbocycles. The Morgan fingerprint density at radius 2 is 1.64 bits per heavy atom. The van der Waals surface area contributed by atoms with Gasteiger partial charge < -0.3 is 0 Å². The molecule has 1 aromatic carbocycles. The van der Waals surface area contributed by atoms with E-state index in [9.17, 15) is 8.42 Å². The topological polar surface area (TPSA) is 37.4 Å². The molecule has 0 aliphatic rings. The van der Waals surface area contributed by atoms with Gasteiger partial charge in [-0.1, -0.05) is 19.1 Å². The van der Waals surface area contributed by atoms with Crippen molar-refractivity contribution in [2.45, 2.75) is 18.2 Å². The number of hydrogen-bond acceptors (Lipinski definition) is 2. The molecule has 0 aromatic heterocycles. The largest absolute Gasteiger partial charge is 0.242 e. The summed E-state index contributed by atoms with van der Waals surface area (Å²) in [5, 5.41) is 0. The molecule has 0 aliphatic carbocycles. The summed E-state index contributed by atoms with van der Waals surface area (Å²) in [5.41, 5.74) is 1.14. The maximum atomic E-state index is 11.7. The van der Waals surface area contributed by atoms with Crippen LogP contribution in [0.15, 0.2) is 29.2 Å². The summed E-state index contributed by atoms with van der Waals surface area (Å²) >= 11 is 0. The monoisotopic (exact) mass is 213 g/mol. The van der Waals surface area contributed by atoms with Crippen LogP contribution in [0.5, 0.6) is 0 Å². The van der Waals surface area contributed by atoms with Crippen LogP contribution in [-0.2, 0) is 16.4 Å². The van der Waals surface area contributed by atoms with E-state index in [0.717, 1.165) is 12.0 Å². The van der Waals surface area contributed by atoms with Crippen molar-refractivity contribution in [2.24, 2.45) is 0 Å². The van der Waals surface area contributed by atoms with E-state index in [2.05, 4.69) is 0 Å². The average molecular weight is 213 g/mol. The minimum Gasteiger partial charge on any atom is -0.207 e. The van der Waals surface area contributed by atoms with Crippen molar-refractivity contribution in [2.75, 3.05) is 14.1 Å². The summed E-state index contributed by atoms with van der Waals surface area (Å²) in [4.78, 5) is 0.347. The Balaban J connectivity index is 3.10. The Morgan fingerprint density at radius 3 is 2.00 bits per heavy atom. The van der Waals surface area contributed by atoms with Gasteiger partial charge in [-0.2, -0.15) is 0 Å². The van der Waals surface area contributed by atoms with E-state index in [1.165, 1.54) is 18.4 Å². The van der Waals surface area contributed by atoms with Crippen LogP contribution in [0.3, 0.4) is 0 Å².